The van der Waals surface area contributed by atoms with Crippen LogP contribution in [0.1, 0.15) is 64.9 Å². The Morgan fingerprint density at radius 1 is 1.26 bits per heavy atom. The molecule has 5 rings (SSSR count). The Hall–Kier alpha value is -2.36. The van der Waals surface area contributed by atoms with Gasteiger partial charge in [0.05, 0.1) is 0 Å². The molecule has 0 radical (unpaired) electrons. The summed E-state index contributed by atoms with van der Waals surface area (Å²) in [7, 11) is 0. The molecule has 0 spiro atoms. The minimum absolute atomic E-state index is 0.0147. The van der Waals surface area contributed by atoms with Crippen LogP contribution >= 0.6 is 0 Å². The molecule has 4 aliphatic rings. The van der Waals surface area contributed by atoms with Crippen LogP contribution in [0.4, 0.5) is 4.79 Å². The van der Waals surface area contributed by atoms with E-state index >= 15 is 0 Å². The third kappa shape index (κ3) is 3.26. The van der Waals surface area contributed by atoms with Crippen LogP contribution in [0.15, 0.2) is 53.9 Å². The van der Waals surface area contributed by atoms with E-state index in [-0.39, 0.29) is 23.0 Å². The van der Waals surface area contributed by atoms with Crippen molar-refractivity contribution in [1.82, 2.24) is 10.3 Å². The molecule has 0 aromatic carbocycles. The number of nitrogens with one attached hydrogen (secondary N) is 1. The molecule has 0 aliphatic heterocycles. The monoisotopic (exact) mass is 418 g/mol. The number of pyridine rings is 1. The lowest BCUT2D eigenvalue weighted by atomic mass is 9.49. The number of ether oxygens (including phenoxy) is 1. The van der Waals surface area contributed by atoms with E-state index in [0.29, 0.717) is 18.4 Å². The Bertz CT molecular complexity index is 963. The van der Waals surface area contributed by atoms with Crippen LogP contribution in [-0.2, 0) is 4.74 Å². The van der Waals surface area contributed by atoms with E-state index < -0.39 is 0 Å². The first-order valence-corrected chi connectivity index (χ1v) is 11.9. The van der Waals surface area contributed by atoms with E-state index in [2.05, 4.69) is 48.4 Å². The third-order valence-electron chi connectivity index (χ3n) is 8.67. The number of hydrogen-bond acceptors (Lipinski definition) is 3. The van der Waals surface area contributed by atoms with Gasteiger partial charge in [0.25, 0.3) is 0 Å². The summed E-state index contributed by atoms with van der Waals surface area (Å²) in [5.41, 5.74) is 6.20. The highest BCUT2D eigenvalue weighted by molar-refractivity contribution is 5.78. The lowest BCUT2D eigenvalue weighted by Crippen LogP contribution is -2.47. The molecule has 1 amide bonds. The maximum atomic E-state index is 11.9. The SMILES string of the molecule is CCNC(=O)OC1CCC2(C)C(=CCC3C4=CC=C(c5cccnc5)C4(C)CCC32)C1. The Morgan fingerprint density at radius 3 is 2.90 bits per heavy atom. The van der Waals surface area contributed by atoms with Gasteiger partial charge in [0.1, 0.15) is 6.10 Å². The normalized spacial score (nSPS) is 36.2. The van der Waals surface area contributed by atoms with Gasteiger partial charge >= 0.3 is 6.09 Å². The van der Waals surface area contributed by atoms with E-state index in [0.717, 1.165) is 25.7 Å². The number of hydrogen-bond donors (Lipinski definition) is 1. The van der Waals surface area contributed by atoms with Gasteiger partial charge in [-0.25, -0.2) is 4.79 Å². The molecule has 1 N–H and O–H groups in total. The summed E-state index contributed by atoms with van der Waals surface area (Å²) in [6.45, 7) is 7.45. The standard InChI is InChI=1S/C27H34N2O2/c1-4-29-25(30)31-20-11-13-26(2)19(16-20)7-8-21-23-10-9-22(18-6-5-15-28-17-18)27(23,3)14-12-24(21)26/h5-7,9-10,15,17,20-21,24H,4,8,11-14,16H2,1-3H3,(H,29,30). The first-order chi connectivity index (χ1) is 15.0. The molecule has 2 saturated carbocycles. The lowest BCUT2D eigenvalue weighted by molar-refractivity contribution is 0.0250. The van der Waals surface area contributed by atoms with Crippen LogP contribution in [-0.4, -0.2) is 23.7 Å². The highest BCUT2D eigenvalue weighted by atomic mass is 16.6. The average molecular weight is 419 g/mol. The zero-order chi connectivity index (χ0) is 21.6. The Kier molecular flexibility index (Phi) is 5.07. The van der Waals surface area contributed by atoms with Gasteiger partial charge in [0.15, 0.2) is 0 Å². The number of amides is 1. The lowest BCUT2D eigenvalue weighted by Gasteiger charge is -2.56. The summed E-state index contributed by atoms with van der Waals surface area (Å²) in [6.07, 6.45) is 17.4. The number of rotatable bonds is 3. The van der Waals surface area contributed by atoms with Crippen molar-refractivity contribution < 1.29 is 9.53 Å². The van der Waals surface area contributed by atoms with Crippen molar-refractivity contribution in [3.63, 3.8) is 0 Å². The molecule has 31 heavy (non-hydrogen) atoms. The molecule has 1 aromatic heterocycles. The zero-order valence-electron chi connectivity index (χ0n) is 19.0. The molecule has 0 bridgehead atoms. The van der Waals surface area contributed by atoms with Gasteiger partial charge in [0.2, 0.25) is 0 Å². The largest absolute Gasteiger partial charge is 0.446 e. The van der Waals surface area contributed by atoms with Crippen molar-refractivity contribution in [2.45, 2.75) is 65.4 Å². The average Bonchev–Trinajstić information content (AvgIpc) is 3.12. The molecule has 4 nitrogen and oxygen atoms in total. The summed E-state index contributed by atoms with van der Waals surface area (Å²) in [5.74, 6) is 1.29. The van der Waals surface area contributed by atoms with Gasteiger partial charge < -0.3 is 10.1 Å². The second-order valence-corrected chi connectivity index (χ2v) is 10.2. The Balaban J connectivity index is 1.37. The van der Waals surface area contributed by atoms with Crippen molar-refractivity contribution in [2.24, 2.45) is 22.7 Å². The highest BCUT2D eigenvalue weighted by Crippen LogP contribution is 2.64. The second kappa shape index (κ2) is 7.65. The molecule has 0 saturated heterocycles. The maximum absolute atomic E-state index is 11.9. The molecule has 164 valence electrons. The predicted octanol–water partition coefficient (Wildman–Crippen LogP) is 6.07. The third-order valence-corrected chi connectivity index (χ3v) is 8.67. The number of nitrogens with zero attached hydrogens (tertiary/aromatic N) is 1. The van der Waals surface area contributed by atoms with Crippen molar-refractivity contribution in [3.05, 3.63) is 59.5 Å². The second-order valence-electron chi connectivity index (χ2n) is 10.2. The van der Waals surface area contributed by atoms with Crippen LogP contribution in [0.25, 0.3) is 5.57 Å². The van der Waals surface area contributed by atoms with E-state index in [1.54, 1.807) is 5.57 Å². The molecule has 4 aliphatic carbocycles. The number of alkyl carbamates (subject to hydrolysis) is 1. The topological polar surface area (TPSA) is 51.2 Å². The number of carbonyl (C=O) groups excluding carboxylic acids is 1. The van der Waals surface area contributed by atoms with E-state index in [4.69, 9.17) is 4.74 Å². The fourth-order valence-corrected chi connectivity index (χ4v) is 7.01. The van der Waals surface area contributed by atoms with Crippen LogP contribution < -0.4 is 5.32 Å². The molecule has 4 heteroatoms. The predicted molar refractivity (Wildman–Crippen MR) is 123 cm³/mol. The van der Waals surface area contributed by atoms with E-state index in [9.17, 15) is 4.79 Å². The number of fused-ring (bicyclic) bond motifs is 5. The summed E-state index contributed by atoms with van der Waals surface area (Å²) in [5, 5.41) is 2.77. The summed E-state index contributed by atoms with van der Waals surface area (Å²) in [4.78, 5) is 16.3. The minimum Gasteiger partial charge on any atom is -0.446 e. The van der Waals surface area contributed by atoms with Crippen LogP contribution in [0.3, 0.4) is 0 Å². The molecule has 2 fully saturated rings. The summed E-state index contributed by atoms with van der Waals surface area (Å²) in [6, 6.07) is 4.24. The Labute approximate surface area is 185 Å². The molecule has 1 aromatic rings. The fraction of sp³-hybridized carbons (Fsp3) is 0.556. The van der Waals surface area contributed by atoms with Gasteiger partial charge in [-0.05, 0) is 73.5 Å². The van der Waals surface area contributed by atoms with E-state index in [1.165, 1.54) is 29.6 Å². The number of carbonyl (C=O) groups is 1. The Morgan fingerprint density at radius 2 is 2.13 bits per heavy atom. The fourth-order valence-electron chi connectivity index (χ4n) is 7.01. The number of aromatic nitrogens is 1. The highest BCUT2D eigenvalue weighted by Gasteiger charge is 2.54. The van der Waals surface area contributed by atoms with Crippen molar-refractivity contribution in [2.75, 3.05) is 6.54 Å². The van der Waals surface area contributed by atoms with Gasteiger partial charge in [-0.1, -0.05) is 49.3 Å². The molecule has 5 unspecified atom stereocenters. The zero-order valence-corrected chi connectivity index (χ0v) is 19.0. The summed E-state index contributed by atoms with van der Waals surface area (Å²) >= 11 is 0. The number of allylic oxidation sites excluding steroid dienone is 5. The van der Waals surface area contributed by atoms with Gasteiger partial charge in [0, 0.05) is 30.8 Å². The minimum atomic E-state index is -0.274. The first-order valence-electron chi connectivity index (χ1n) is 11.9. The van der Waals surface area contributed by atoms with Crippen LogP contribution in [0.5, 0.6) is 0 Å². The van der Waals surface area contributed by atoms with Crippen LogP contribution in [0.2, 0.25) is 0 Å². The van der Waals surface area contributed by atoms with Crippen molar-refractivity contribution >= 4 is 11.7 Å². The molecular weight excluding hydrogens is 384 g/mol. The maximum Gasteiger partial charge on any atom is 0.407 e. The first kappa shape index (κ1) is 20.5. The molecule has 5 atom stereocenters. The van der Waals surface area contributed by atoms with Crippen molar-refractivity contribution in [3.8, 4) is 0 Å². The van der Waals surface area contributed by atoms with E-state index in [1.807, 2.05) is 25.4 Å². The summed E-state index contributed by atoms with van der Waals surface area (Å²) < 4.78 is 5.69. The van der Waals surface area contributed by atoms with Gasteiger partial charge in [-0.15, -0.1) is 0 Å². The van der Waals surface area contributed by atoms with Gasteiger partial charge in [-0.2, -0.15) is 0 Å². The quantitative estimate of drug-likeness (QED) is 0.606. The van der Waals surface area contributed by atoms with Crippen molar-refractivity contribution in [1.29, 1.82) is 0 Å². The molecular formula is C27H34N2O2. The van der Waals surface area contributed by atoms with Crippen LogP contribution in [0, 0.1) is 22.7 Å². The smallest absolute Gasteiger partial charge is 0.407 e. The van der Waals surface area contributed by atoms with Gasteiger partial charge in [-0.3, -0.25) is 4.98 Å². The molecule has 1 heterocycles.